The molecule has 0 fully saturated rings. The van der Waals surface area contributed by atoms with Crippen LogP contribution in [0.5, 0.6) is 23.0 Å². The number of rotatable bonds is 10. The minimum atomic E-state index is -0.362. The molecule has 0 unspecified atom stereocenters. The van der Waals surface area contributed by atoms with Crippen LogP contribution >= 0.6 is 0 Å². The molecular weight excluding hydrogens is 460 g/mol. The second-order valence-corrected chi connectivity index (χ2v) is 6.47. The van der Waals surface area contributed by atoms with Crippen molar-refractivity contribution in [3.8, 4) is 23.0 Å². The van der Waals surface area contributed by atoms with Crippen molar-refractivity contribution < 1.29 is 29.3 Å². The van der Waals surface area contributed by atoms with Gasteiger partial charge in [-0.05, 0) is 66.1 Å². The molecule has 0 aromatic heterocycles. The van der Waals surface area contributed by atoms with Crippen LogP contribution in [0.4, 0.5) is 0 Å². The molecule has 8 heteroatoms. The van der Waals surface area contributed by atoms with Gasteiger partial charge in [0.2, 0.25) is 0 Å². The molecule has 0 saturated heterocycles. The van der Waals surface area contributed by atoms with Crippen molar-refractivity contribution in [3.63, 3.8) is 0 Å². The lowest BCUT2D eigenvalue weighted by atomic mass is 10.0. The predicted octanol–water partition coefficient (Wildman–Crippen LogP) is 5.72. The minimum absolute atomic E-state index is 0. The largest absolute Gasteiger partial charge is 0.504 e. The molecule has 0 atom stereocenters. The van der Waals surface area contributed by atoms with E-state index >= 15 is 0 Å². The second-order valence-electron chi connectivity index (χ2n) is 6.47. The van der Waals surface area contributed by atoms with Gasteiger partial charge in [0.05, 0.1) is 20.6 Å². The maximum Gasteiger partial charge on any atom is 0.163 e. The lowest BCUT2D eigenvalue weighted by molar-refractivity contribution is -0.121. The van der Waals surface area contributed by atoms with Crippen LogP contribution in [-0.2, 0) is 16.0 Å². The molecular formula is C28H44N2O6. The molecule has 202 valence electrons. The molecule has 0 amide bonds. The highest BCUT2D eigenvalue weighted by molar-refractivity contribution is 6.10. The van der Waals surface area contributed by atoms with Gasteiger partial charge < -0.3 is 31.6 Å². The van der Waals surface area contributed by atoms with E-state index in [0.29, 0.717) is 29.8 Å². The van der Waals surface area contributed by atoms with E-state index in [1.807, 2.05) is 27.7 Å². The topological polar surface area (TPSA) is 154 Å². The van der Waals surface area contributed by atoms with Gasteiger partial charge in [-0.3, -0.25) is 9.59 Å². The van der Waals surface area contributed by atoms with E-state index < -0.39 is 0 Å². The van der Waals surface area contributed by atoms with Crippen molar-refractivity contribution in [2.75, 3.05) is 20.8 Å². The number of carbonyl (C=O) groups is 2. The molecule has 0 bridgehead atoms. The van der Waals surface area contributed by atoms with Crippen molar-refractivity contribution in [2.45, 2.75) is 48.0 Å². The molecule has 36 heavy (non-hydrogen) atoms. The molecule has 0 radical (unpaired) electrons. The Morgan fingerprint density at radius 2 is 1.39 bits per heavy atom. The zero-order valence-electron chi connectivity index (χ0n) is 21.6. The fourth-order valence-corrected chi connectivity index (χ4v) is 2.78. The number of phenols is 2. The van der Waals surface area contributed by atoms with Gasteiger partial charge >= 0.3 is 0 Å². The predicted molar refractivity (Wildman–Crippen MR) is 149 cm³/mol. The smallest absolute Gasteiger partial charge is 0.163 e. The van der Waals surface area contributed by atoms with Gasteiger partial charge in [-0.1, -0.05) is 53.3 Å². The average molecular weight is 505 g/mol. The van der Waals surface area contributed by atoms with Crippen molar-refractivity contribution >= 4 is 23.7 Å². The van der Waals surface area contributed by atoms with E-state index in [9.17, 15) is 19.8 Å². The summed E-state index contributed by atoms with van der Waals surface area (Å²) < 4.78 is 10.1. The van der Waals surface area contributed by atoms with Crippen LogP contribution in [0.3, 0.4) is 0 Å². The number of ketones is 2. The molecule has 0 saturated carbocycles. The van der Waals surface area contributed by atoms with Crippen molar-refractivity contribution in [2.24, 2.45) is 5.73 Å². The number of nitrogens with two attached hydrogens (primary N) is 1. The van der Waals surface area contributed by atoms with E-state index in [4.69, 9.17) is 15.2 Å². The van der Waals surface area contributed by atoms with Gasteiger partial charge in [-0.15, -0.1) is 0 Å². The van der Waals surface area contributed by atoms with Gasteiger partial charge in [-0.25, -0.2) is 0 Å². The maximum absolute atomic E-state index is 12.2. The molecule has 2 rings (SSSR count). The van der Waals surface area contributed by atoms with Gasteiger partial charge in [-0.2, -0.15) is 0 Å². The van der Waals surface area contributed by atoms with E-state index in [-0.39, 0.29) is 48.8 Å². The van der Waals surface area contributed by atoms with Crippen molar-refractivity contribution in [1.29, 1.82) is 0 Å². The number of allylic oxidation sites excluding steroid dienone is 2. The second kappa shape index (κ2) is 20.7. The summed E-state index contributed by atoms with van der Waals surface area (Å²) in [5.74, 6) is -0.148. The number of methoxy groups -OCH3 is 2. The van der Waals surface area contributed by atoms with E-state index in [0.717, 1.165) is 5.56 Å². The van der Waals surface area contributed by atoms with E-state index in [2.05, 4.69) is 0 Å². The molecule has 0 aliphatic rings. The molecule has 7 N–H and O–H groups in total. The first-order chi connectivity index (χ1) is 16.4. The zero-order chi connectivity index (χ0) is 26.1. The Morgan fingerprint density at radius 1 is 0.861 bits per heavy atom. The summed E-state index contributed by atoms with van der Waals surface area (Å²) in [6.07, 6.45) is 5.98. The van der Waals surface area contributed by atoms with Crippen LogP contribution in [0.1, 0.15) is 58.2 Å². The average Bonchev–Trinajstić information content (AvgIpc) is 2.85. The maximum atomic E-state index is 12.2. The summed E-state index contributed by atoms with van der Waals surface area (Å²) in [5, 5.41) is 19.5. The fraction of sp³-hybridized carbons (Fsp3) is 0.357. The Morgan fingerprint density at radius 3 is 1.92 bits per heavy atom. The lowest BCUT2D eigenvalue weighted by Gasteiger charge is -2.10. The zero-order valence-corrected chi connectivity index (χ0v) is 21.6. The summed E-state index contributed by atoms with van der Waals surface area (Å²) in [5.41, 5.74) is 7.71. The standard InChI is InChI=1S/C23H25NO6.2C2H6.CH4.H3N/c1-29-22-11-15(4-8-20(22)27)3-6-18(25)14-19(26)7-5-16-13-23(30-2)21(28)12-17(16)9-10-24;2*1-2;;/h3-8,11-13,27-28H,9-10,14,24H2,1-2H3;2*1-2H3;1H4;1H3/b6-3+,7-5+;;;;. The number of hydrogen-bond donors (Lipinski definition) is 4. The van der Waals surface area contributed by atoms with Crippen molar-refractivity contribution in [1.82, 2.24) is 6.15 Å². The number of carbonyl (C=O) groups excluding carboxylic acids is 2. The van der Waals surface area contributed by atoms with Crippen LogP contribution in [0.2, 0.25) is 0 Å². The summed E-state index contributed by atoms with van der Waals surface area (Å²) in [7, 11) is 2.87. The summed E-state index contributed by atoms with van der Waals surface area (Å²) in [6.45, 7) is 8.38. The first-order valence-corrected chi connectivity index (χ1v) is 11.3. The number of ether oxygens (including phenoxy) is 2. The monoisotopic (exact) mass is 504 g/mol. The number of hydrogen-bond acceptors (Lipinski definition) is 8. The van der Waals surface area contributed by atoms with Crippen LogP contribution in [-0.4, -0.2) is 42.5 Å². The third-order valence-corrected chi connectivity index (χ3v) is 4.32. The highest BCUT2D eigenvalue weighted by Crippen LogP contribution is 2.30. The summed E-state index contributed by atoms with van der Waals surface area (Å²) in [6, 6.07) is 7.83. The Bertz CT molecular complexity index is 984. The Labute approximate surface area is 216 Å². The molecule has 0 aliphatic heterocycles. The summed E-state index contributed by atoms with van der Waals surface area (Å²) >= 11 is 0. The van der Waals surface area contributed by atoms with Gasteiger partial charge in [0.1, 0.15) is 0 Å². The van der Waals surface area contributed by atoms with Crippen LogP contribution in [0, 0.1) is 0 Å². The van der Waals surface area contributed by atoms with Gasteiger partial charge in [0.25, 0.3) is 0 Å². The van der Waals surface area contributed by atoms with Gasteiger partial charge in [0, 0.05) is 0 Å². The third-order valence-electron chi connectivity index (χ3n) is 4.32. The highest BCUT2D eigenvalue weighted by Gasteiger charge is 2.09. The van der Waals surface area contributed by atoms with Crippen LogP contribution < -0.4 is 21.4 Å². The molecule has 0 aliphatic carbocycles. The number of aromatic hydroxyl groups is 2. The first kappa shape index (κ1) is 36.9. The lowest BCUT2D eigenvalue weighted by Crippen LogP contribution is -2.05. The quantitative estimate of drug-likeness (QED) is 0.236. The SMILES string of the molecule is C.CC.CC.COc1cc(/C=C/C(=O)CC(=O)/C=C/c2cc(OC)c(O)cc2CCN)ccc1O.N. The fourth-order valence-electron chi connectivity index (χ4n) is 2.78. The number of phenolic OH excluding ortho intramolecular Hbond substituents is 2. The first-order valence-electron chi connectivity index (χ1n) is 11.3. The Kier molecular flexibility index (Phi) is 21.3. The molecule has 0 heterocycles. The van der Waals surface area contributed by atoms with Gasteiger partial charge in [0.15, 0.2) is 34.6 Å². The normalized spacial score (nSPS) is 9.64. The number of benzene rings is 2. The van der Waals surface area contributed by atoms with Crippen LogP contribution in [0.15, 0.2) is 42.5 Å². The molecule has 8 nitrogen and oxygen atoms in total. The minimum Gasteiger partial charge on any atom is -0.504 e. The highest BCUT2D eigenvalue weighted by atomic mass is 16.5. The molecule has 0 spiro atoms. The molecule has 2 aromatic carbocycles. The Hall–Kier alpha value is -3.62. The summed E-state index contributed by atoms with van der Waals surface area (Å²) in [4.78, 5) is 24.3. The Balaban J connectivity index is -0.00000172. The third kappa shape index (κ3) is 12.2. The van der Waals surface area contributed by atoms with E-state index in [1.54, 1.807) is 36.4 Å². The van der Waals surface area contributed by atoms with Crippen molar-refractivity contribution in [3.05, 3.63) is 59.2 Å². The molecule has 2 aromatic rings. The van der Waals surface area contributed by atoms with E-state index in [1.165, 1.54) is 32.4 Å². The van der Waals surface area contributed by atoms with Crippen LogP contribution in [0.25, 0.3) is 12.2 Å².